The highest BCUT2D eigenvalue weighted by Gasteiger charge is 2.28. The largest absolute Gasteiger partial charge is 0.341 e. The van der Waals surface area contributed by atoms with Crippen LogP contribution in [0.1, 0.15) is 52.8 Å². The lowest BCUT2D eigenvalue weighted by atomic mass is 9.90. The maximum Gasteiger partial charge on any atom is 0.125 e. The molecule has 0 spiro atoms. The minimum absolute atomic E-state index is 0.199. The van der Waals surface area contributed by atoms with Gasteiger partial charge in [-0.1, -0.05) is 36.4 Å². The van der Waals surface area contributed by atoms with Gasteiger partial charge in [-0.3, -0.25) is 14.9 Å². The Morgan fingerprint density at radius 2 is 1.76 bits per heavy atom. The predicted octanol–water partition coefficient (Wildman–Crippen LogP) is 5.86. The van der Waals surface area contributed by atoms with Crippen LogP contribution in [0.25, 0.3) is 11.0 Å². The second-order valence-electron chi connectivity index (χ2n) is 9.95. The highest BCUT2D eigenvalue weighted by molar-refractivity contribution is 5.74. The van der Waals surface area contributed by atoms with E-state index in [0.29, 0.717) is 6.54 Å². The molecular formula is C31H31FN6. The van der Waals surface area contributed by atoms with Crippen LogP contribution in [0, 0.1) is 5.82 Å². The third kappa shape index (κ3) is 5.64. The van der Waals surface area contributed by atoms with Crippen molar-refractivity contribution in [3.05, 3.63) is 125 Å². The zero-order chi connectivity index (χ0) is 25.7. The van der Waals surface area contributed by atoms with Crippen molar-refractivity contribution in [3.63, 3.8) is 0 Å². The number of hydrogen-bond acceptors (Lipinski definition) is 5. The van der Waals surface area contributed by atoms with Crippen molar-refractivity contribution in [3.8, 4) is 0 Å². The Morgan fingerprint density at radius 1 is 0.895 bits per heavy atom. The fraction of sp³-hybridized carbons (Fsp3) is 0.258. The van der Waals surface area contributed by atoms with Crippen molar-refractivity contribution in [1.29, 1.82) is 0 Å². The summed E-state index contributed by atoms with van der Waals surface area (Å²) in [5, 5.41) is 3.47. The van der Waals surface area contributed by atoms with Gasteiger partial charge >= 0.3 is 0 Å². The van der Waals surface area contributed by atoms with Gasteiger partial charge in [0.05, 0.1) is 35.0 Å². The molecule has 6 nitrogen and oxygen atoms in total. The molecule has 5 aromatic rings. The summed E-state index contributed by atoms with van der Waals surface area (Å²) in [5.74, 6) is 0.577. The number of aryl methyl sites for hydroxylation is 1. The van der Waals surface area contributed by atoms with Gasteiger partial charge in [0.2, 0.25) is 0 Å². The van der Waals surface area contributed by atoms with Crippen LogP contribution in [0.15, 0.2) is 85.2 Å². The van der Waals surface area contributed by atoms with Crippen LogP contribution in [-0.4, -0.2) is 24.8 Å². The molecule has 6 rings (SSSR count). The first-order valence-electron chi connectivity index (χ1n) is 13.2. The van der Waals surface area contributed by atoms with E-state index in [1.165, 1.54) is 28.8 Å². The Bertz CT molecular complexity index is 1500. The van der Waals surface area contributed by atoms with Crippen LogP contribution < -0.4 is 5.32 Å². The summed E-state index contributed by atoms with van der Waals surface area (Å²) in [4.78, 5) is 19.7. The second-order valence-corrected chi connectivity index (χ2v) is 9.95. The maximum absolute atomic E-state index is 13.8. The van der Waals surface area contributed by atoms with E-state index in [-0.39, 0.29) is 11.9 Å². The van der Waals surface area contributed by atoms with Crippen LogP contribution >= 0.6 is 0 Å². The smallest absolute Gasteiger partial charge is 0.125 e. The molecule has 7 heteroatoms. The normalized spacial score (nSPS) is 15.2. The van der Waals surface area contributed by atoms with Crippen LogP contribution in [0.2, 0.25) is 0 Å². The first kappa shape index (κ1) is 24.4. The van der Waals surface area contributed by atoms with Gasteiger partial charge in [0, 0.05) is 32.0 Å². The molecule has 0 aliphatic heterocycles. The number of aromatic nitrogens is 4. The summed E-state index contributed by atoms with van der Waals surface area (Å²) in [6.45, 7) is 2.93. The summed E-state index contributed by atoms with van der Waals surface area (Å²) in [6.07, 6.45) is 6.96. The van der Waals surface area contributed by atoms with Gasteiger partial charge in [0.1, 0.15) is 11.6 Å². The Hall–Kier alpha value is -3.94. The van der Waals surface area contributed by atoms with Gasteiger partial charge in [-0.25, -0.2) is 9.37 Å². The lowest BCUT2D eigenvalue weighted by Crippen LogP contribution is -2.31. The molecule has 1 atom stereocenters. The molecule has 0 saturated carbocycles. The quantitative estimate of drug-likeness (QED) is 0.262. The molecule has 1 aliphatic rings. The zero-order valence-corrected chi connectivity index (χ0v) is 21.3. The number of pyridine rings is 2. The number of H-pyrrole nitrogens is 1. The number of halogens is 1. The molecule has 2 N–H and O–H groups in total. The van der Waals surface area contributed by atoms with Crippen LogP contribution in [0.5, 0.6) is 0 Å². The highest BCUT2D eigenvalue weighted by Crippen LogP contribution is 2.34. The van der Waals surface area contributed by atoms with E-state index in [2.05, 4.69) is 50.5 Å². The van der Waals surface area contributed by atoms with Crippen molar-refractivity contribution in [2.75, 3.05) is 0 Å². The number of aromatic amines is 1. The fourth-order valence-electron chi connectivity index (χ4n) is 5.35. The number of benzene rings is 2. The Morgan fingerprint density at radius 3 is 2.63 bits per heavy atom. The van der Waals surface area contributed by atoms with Gasteiger partial charge in [0.15, 0.2) is 0 Å². The minimum atomic E-state index is -0.260. The molecule has 0 saturated heterocycles. The average molecular weight is 507 g/mol. The first-order valence-corrected chi connectivity index (χ1v) is 13.2. The summed E-state index contributed by atoms with van der Waals surface area (Å²) >= 11 is 0. The van der Waals surface area contributed by atoms with Crippen molar-refractivity contribution in [1.82, 2.24) is 30.2 Å². The number of nitrogens with zero attached hydrogens (tertiary/aromatic N) is 4. The molecule has 2 aromatic carbocycles. The maximum atomic E-state index is 13.8. The summed E-state index contributed by atoms with van der Waals surface area (Å²) in [7, 11) is 0. The van der Waals surface area contributed by atoms with Crippen molar-refractivity contribution in [2.45, 2.75) is 51.5 Å². The van der Waals surface area contributed by atoms with Crippen molar-refractivity contribution in [2.24, 2.45) is 0 Å². The molecule has 0 fully saturated rings. The zero-order valence-electron chi connectivity index (χ0n) is 21.3. The molecule has 3 heterocycles. The van der Waals surface area contributed by atoms with Crippen LogP contribution in [0.3, 0.4) is 0 Å². The van der Waals surface area contributed by atoms with E-state index in [1.807, 2.05) is 36.7 Å². The van der Waals surface area contributed by atoms with Gasteiger partial charge in [-0.2, -0.15) is 0 Å². The van der Waals surface area contributed by atoms with Crippen LogP contribution in [0.4, 0.5) is 4.39 Å². The van der Waals surface area contributed by atoms with Gasteiger partial charge < -0.3 is 10.3 Å². The molecule has 38 heavy (non-hydrogen) atoms. The summed E-state index contributed by atoms with van der Waals surface area (Å²) in [5.41, 5.74) is 7.51. The SMILES string of the molecule is Fc1ccc2nc(CN(Cc3ccc(CNCc4ccccn4)cc3)C3CCCc4cccnc43)[nH]c2c1. The van der Waals surface area contributed by atoms with E-state index < -0.39 is 0 Å². The monoisotopic (exact) mass is 506 g/mol. The van der Waals surface area contributed by atoms with E-state index in [1.54, 1.807) is 6.07 Å². The molecule has 0 radical (unpaired) electrons. The number of hydrogen-bond donors (Lipinski definition) is 2. The molecule has 1 aliphatic carbocycles. The molecular weight excluding hydrogens is 475 g/mol. The van der Waals surface area contributed by atoms with E-state index in [0.717, 1.165) is 67.1 Å². The van der Waals surface area contributed by atoms with Gasteiger partial charge in [-0.15, -0.1) is 0 Å². The standard InChI is InChI=1S/C31H31FN6/c32-25-13-14-27-28(17-25)37-30(36-27)21-38(29-8-3-5-24-6-4-16-35-31(24)29)20-23-11-9-22(10-12-23)18-33-19-26-7-1-2-15-34-26/h1-2,4,6-7,9-17,29,33H,3,5,8,18-21H2,(H,36,37). The molecule has 1 unspecified atom stereocenters. The third-order valence-electron chi connectivity index (χ3n) is 7.22. The first-order chi connectivity index (χ1) is 18.7. The number of nitrogens with one attached hydrogen (secondary N) is 2. The fourth-order valence-corrected chi connectivity index (χ4v) is 5.35. The van der Waals surface area contributed by atoms with Gasteiger partial charge in [-0.05, 0) is 72.4 Å². The topological polar surface area (TPSA) is 69.7 Å². The minimum Gasteiger partial charge on any atom is -0.341 e. The average Bonchev–Trinajstić information content (AvgIpc) is 3.35. The molecule has 3 aromatic heterocycles. The highest BCUT2D eigenvalue weighted by atomic mass is 19.1. The molecule has 0 bridgehead atoms. The van der Waals surface area contributed by atoms with Crippen molar-refractivity contribution >= 4 is 11.0 Å². The lowest BCUT2D eigenvalue weighted by Gasteiger charge is -2.34. The van der Waals surface area contributed by atoms with Crippen molar-refractivity contribution < 1.29 is 4.39 Å². The van der Waals surface area contributed by atoms with E-state index >= 15 is 0 Å². The van der Waals surface area contributed by atoms with Crippen LogP contribution in [-0.2, 0) is 32.6 Å². The van der Waals surface area contributed by atoms with Gasteiger partial charge in [0.25, 0.3) is 0 Å². The predicted molar refractivity (Wildman–Crippen MR) is 146 cm³/mol. The second kappa shape index (κ2) is 11.2. The lowest BCUT2D eigenvalue weighted by molar-refractivity contribution is 0.153. The number of rotatable bonds is 9. The summed E-state index contributed by atoms with van der Waals surface area (Å²) in [6, 6.07) is 23.9. The molecule has 0 amide bonds. The van der Waals surface area contributed by atoms with E-state index in [4.69, 9.17) is 9.97 Å². The Balaban J connectivity index is 1.20. The van der Waals surface area contributed by atoms with E-state index in [9.17, 15) is 4.39 Å². The number of imidazole rings is 1. The third-order valence-corrected chi connectivity index (χ3v) is 7.22. The summed E-state index contributed by atoms with van der Waals surface area (Å²) < 4.78 is 13.8. The Labute approximate surface area is 222 Å². The number of fused-ring (bicyclic) bond motifs is 2. The Kier molecular flexibility index (Phi) is 7.20. The molecule has 192 valence electrons.